The Hall–Kier alpha value is -1.86. The van der Waals surface area contributed by atoms with Crippen LogP contribution >= 0.6 is 11.3 Å². The van der Waals surface area contributed by atoms with Crippen molar-refractivity contribution in [3.8, 4) is 0 Å². The van der Waals surface area contributed by atoms with Crippen molar-refractivity contribution in [3.63, 3.8) is 0 Å². The fraction of sp³-hybridized carbons (Fsp3) is 0.375. The van der Waals surface area contributed by atoms with Gasteiger partial charge in [-0.25, -0.2) is 13.8 Å². The van der Waals surface area contributed by atoms with E-state index in [2.05, 4.69) is 4.98 Å². The van der Waals surface area contributed by atoms with Gasteiger partial charge in [-0.15, -0.1) is 11.3 Å². The molecule has 23 heavy (non-hydrogen) atoms. The highest BCUT2D eigenvalue weighted by molar-refractivity contribution is 7.11. The van der Waals surface area contributed by atoms with Gasteiger partial charge in [0.1, 0.15) is 6.04 Å². The van der Waals surface area contributed by atoms with E-state index >= 15 is 0 Å². The maximum Gasteiger partial charge on any atom is 0.325 e. The lowest BCUT2D eigenvalue weighted by atomic mass is 9.92. The zero-order chi connectivity index (χ0) is 16.6. The number of thiazole rings is 1. The minimum atomic E-state index is -1.06. The zero-order valence-electron chi connectivity index (χ0n) is 12.6. The molecule has 1 unspecified atom stereocenters. The second-order valence-electron chi connectivity index (χ2n) is 5.46. The number of fused-ring (bicyclic) bond motifs is 1. The summed E-state index contributed by atoms with van der Waals surface area (Å²) in [7, 11) is 0. The summed E-state index contributed by atoms with van der Waals surface area (Å²) in [5.41, 5.74) is 0.509. The van der Waals surface area contributed by atoms with Crippen LogP contribution < -0.4 is 0 Å². The van der Waals surface area contributed by atoms with Crippen molar-refractivity contribution in [3.05, 3.63) is 51.0 Å². The van der Waals surface area contributed by atoms with Crippen molar-refractivity contribution < 1.29 is 18.7 Å². The lowest BCUT2D eigenvalue weighted by molar-refractivity contribution is -0.144. The number of hydrogen-bond donors (Lipinski definition) is 1. The number of aromatic nitrogens is 1. The number of aryl methyl sites for hydroxylation is 1. The number of nitrogens with zero attached hydrogens (tertiary/aromatic N) is 2. The average molecular weight is 338 g/mol. The van der Waals surface area contributed by atoms with Gasteiger partial charge in [-0.2, -0.15) is 0 Å². The van der Waals surface area contributed by atoms with Crippen LogP contribution in [-0.2, 0) is 24.2 Å². The molecule has 0 amide bonds. The molecule has 0 aliphatic carbocycles. The molecule has 0 fully saturated rings. The topological polar surface area (TPSA) is 53.4 Å². The Kier molecular flexibility index (Phi) is 4.41. The summed E-state index contributed by atoms with van der Waals surface area (Å²) in [5, 5.41) is 10.6. The third-order valence-corrected chi connectivity index (χ3v) is 5.16. The van der Waals surface area contributed by atoms with E-state index in [0.717, 1.165) is 22.4 Å². The number of rotatable bonds is 4. The number of hydrogen-bond acceptors (Lipinski definition) is 4. The number of benzene rings is 1. The number of carboxylic acid groups (broad SMARTS) is 1. The molecule has 122 valence electrons. The van der Waals surface area contributed by atoms with E-state index in [4.69, 9.17) is 0 Å². The second-order valence-corrected chi connectivity index (χ2v) is 6.66. The standard InChI is InChI=1S/C16H16F2N2O2S/c1-2-13-19-7-9(23-13)8-20-6-5-10-11(15(20)16(21)22)3-4-12(17)14(10)18/h3-4,7,15H,2,5-6,8H2,1H3,(H,21,22). The Bertz CT molecular complexity index is 748. The molecule has 1 N–H and O–H groups in total. The molecule has 0 bridgehead atoms. The quantitative estimate of drug-likeness (QED) is 0.930. The van der Waals surface area contributed by atoms with Gasteiger partial charge in [0.2, 0.25) is 0 Å². The first-order valence-corrected chi connectivity index (χ1v) is 8.20. The average Bonchev–Trinajstić information content (AvgIpc) is 2.98. The highest BCUT2D eigenvalue weighted by Gasteiger charge is 2.35. The van der Waals surface area contributed by atoms with Crippen LogP contribution in [0, 0.1) is 11.6 Å². The summed E-state index contributed by atoms with van der Waals surface area (Å²) >= 11 is 1.55. The largest absolute Gasteiger partial charge is 0.480 e. The van der Waals surface area contributed by atoms with E-state index in [9.17, 15) is 18.7 Å². The van der Waals surface area contributed by atoms with Crippen LogP contribution in [0.25, 0.3) is 0 Å². The van der Waals surface area contributed by atoms with Gasteiger partial charge in [0.15, 0.2) is 11.6 Å². The zero-order valence-corrected chi connectivity index (χ0v) is 13.4. The fourth-order valence-corrected chi connectivity index (χ4v) is 3.83. The predicted octanol–water partition coefficient (Wildman–Crippen LogP) is 3.17. The first-order valence-electron chi connectivity index (χ1n) is 7.38. The Morgan fingerprint density at radius 1 is 1.48 bits per heavy atom. The van der Waals surface area contributed by atoms with Crippen LogP contribution in [0.2, 0.25) is 0 Å². The monoisotopic (exact) mass is 338 g/mol. The molecule has 1 atom stereocenters. The molecule has 2 heterocycles. The summed E-state index contributed by atoms with van der Waals surface area (Å²) < 4.78 is 27.3. The highest BCUT2D eigenvalue weighted by atomic mass is 32.1. The van der Waals surface area contributed by atoms with Gasteiger partial charge in [0, 0.05) is 24.2 Å². The number of carbonyl (C=O) groups is 1. The molecule has 1 aliphatic rings. The minimum absolute atomic E-state index is 0.173. The second kappa shape index (κ2) is 6.33. The summed E-state index contributed by atoms with van der Waals surface area (Å²) in [5.74, 6) is -2.92. The highest BCUT2D eigenvalue weighted by Crippen LogP contribution is 2.34. The minimum Gasteiger partial charge on any atom is -0.480 e. The molecular weight excluding hydrogens is 322 g/mol. The van der Waals surface area contributed by atoms with E-state index in [1.54, 1.807) is 22.4 Å². The van der Waals surface area contributed by atoms with E-state index in [-0.39, 0.29) is 5.56 Å². The van der Waals surface area contributed by atoms with E-state index in [0.29, 0.717) is 25.1 Å². The molecule has 1 aromatic heterocycles. The molecular formula is C16H16F2N2O2S. The van der Waals surface area contributed by atoms with E-state index in [1.165, 1.54) is 6.07 Å². The van der Waals surface area contributed by atoms with Crippen LogP contribution in [0.5, 0.6) is 0 Å². The smallest absolute Gasteiger partial charge is 0.325 e. The van der Waals surface area contributed by atoms with Crippen molar-refractivity contribution in [2.75, 3.05) is 6.54 Å². The van der Waals surface area contributed by atoms with Gasteiger partial charge in [-0.05, 0) is 30.0 Å². The van der Waals surface area contributed by atoms with Crippen molar-refractivity contribution in [1.82, 2.24) is 9.88 Å². The first kappa shape index (κ1) is 16.0. The normalized spacial score (nSPS) is 18.0. The number of halogens is 2. The fourth-order valence-electron chi connectivity index (χ4n) is 2.94. The predicted molar refractivity (Wildman–Crippen MR) is 82.3 cm³/mol. The third-order valence-electron chi connectivity index (χ3n) is 4.04. The van der Waals surface area contributed by atoms with Crippen LogP contribution in [0.1, 0.15) is 34.0 Å². The van der Waals surface area contributed by atoms with Crippen molar-refractivity contribution in [2.45, 2.75) is 32.4 Å². The molecule has 0 spiro atoms. The molecule has 2 aromatic rings. The maximum atomic E-state index is 13.9. The van der Waals surface area contributed by atoms with Crippen molar-refractivity contribution in [2.24, 2.45) is 0 Å². The Morgan fingerprint density at radius 2 is 2.26 bits per heavy atom. The van der Waals surface area contributed by atoms with Gasteiger partial charge in [-0.3, -0.25) is 9.69 Å². The molecule has 3 rings (SSSR count). The van der Waals surface area contributed by atoms with Crippen LogP contribution in [0.15, 0.2) is 18.3 Å². The lowest BCUT2D eigenvalue weighted by Crippen LogP contribution is -2.39. The molecule has 0 saturated heterocycles. The third kappa shape index (κ3) is 2.98. The van der Waals surface area contributed by atoms with E-state index < -0.39 is 23.6 Å². The summed E-state index contributed by atoms with van der Waals surface area (Å²) in [4.78, 5) is 18.7. The summed E-state index contributed by atoms with van der Waals surface area (Å²) in [6, 6.07) is 1.40. The van der Waals surface area contributed by atoms with E-state index in [1.807, 2.05) is 6.92 Å². The van der Waals surface area contributed by atoms with Gasteiger partial charge in [0.05, 0.1) is 5.01 Å². The van der Waals surface area contributed by atoms with Gasteiger partial charge >= 0.3 is 5.97 Å². The lowest BCUT2D eigenvalue weighted by Gasteiger charge is -2.34. The SMILES string of the molecule is CCc1ncc(CN2CCc3c(ccc(F)c3F)C2C(=O)O)s1. The summed E-state index contributed by atoms with van der Waals surface area (Å²) in [6.45, 7) is 2.81. The molecule has 0 saturated carbocycles. The Labute approximate surface area is 136 Å². The Morgan fingerprint density at radius 3 is 2.91 bits per heavy atom. The molecule has 0 radical (unpaired) electrons. The summed E-state index contributed by atoms with van der Waals surface area (Å²) in [6.07, 6.45) is 2.88. The molecule has 1 aromatic carbocycles. The van der Waals surface area contributed by atoms with Gasteiger partial charge in [0.25, 0.3) is 0 Å². The van der Waals surface area contributed by atoms with Crippen LogP contribution in [0.4, 0.5) is 8.78 Å². The van der Waals surface area contributed by atoms with Gasteiger partial charge < -0.3 is 5.11 Å². The van der Waals surface area contributed by atoms with Crippen LogP contribution in [-0.4, -0.2) is 27.5 Å². The van der Waals surface area contributed by atoms with Gasteiger partial charge in [-0.1, -0.05) is 13.0 Å². The number of carboxylic acids is 1. The maximum absolute atomic E-state index is 13.9. The van der Waals surface area contributed by atoms with Crippen LogP contribution in [0.3, 0.4) is 0 Å². The molecule has 7 heteroatoms. The Balaban J connectivity index is 1.93. The van der Waals surface area contributed by atoms with Crippen molar-refractivity contribution >= 4 is 17.3 Å². The van der Waals surface area contributed by atoms with Crippen molar-refractivity contribution in [1.29, 1.82) is 0 Å². The molecule has 4 nitrogen and oxygen atoms in total. The molecule has 1 aliphatic heterocycles. The first-order chi connectivity index (χ1) is 11.0. The number of aliphatic carboxylic acids is 1.